The number of hydrogen-bond acceptors (Lipinski definition) is 12. The summed E-state index contributed by atoms with van der Waals surface area (Å²) in [5, 5.41) is 41.7. The summed E-state index contributed by atoms with van der Waals surface area (Å²) in [4.78, 5) is 86.5. The van der Waals surface area contributed by atoms with Crippen LogP contribution in [-0.4, -0.2) is 62.5 Å². The highest BCUT2D eigenvalue weighted by atomic mass is 35.5. The first-order chi connectivity index (χ1) is 29.3. The lowest BCUT2D eigenvalue weighted by atomic mass is 9.51. The molecule has 0 bridgehead atoms. The Morgan fingerprint density at radius 1 is 0.903 bits per heavy atom. The van der Waals surface area contributed by atoms with Crippen molar-refractivity contribution in [2.24, 2.45) is 36.1 Å². The van der Waals surface area contributed by atoms with Gasteiger partial charge in [0.2, 0.25) is 23.6 Å². The number of carbonyl (C=O) groups excluding carboxylic acids is 4. The summed E-state index contributed by atoms with van der Waals surface area (Å²) in [7, 11) is 4.50. The quantitative estimate of drug-likeness (QED) is 0.0721. The molecule has 62 heavy (non-hydrogen) atoms. The lowest BCUT2D eigenvalue weighted by molar-refractivity contribution is -0.392. The molecule has 9 rings (SSSR count). The van der Waals surface area contributed by atoms with Gasteiger partial charge in [0.05, 0.1) is 43.6 Å². The highest BCUT2D eigenvalue weighted by Gasteiger charge is 2.68. The monoisotopic (exact) mass is 877 g/mol. The molecule has 2 aliphatic heterocycles. The van der Waals surface area contributed by atoms with Gasteiger partial charge >= 0.3 is 11.4 Å². The second-order valence-electron chi connectivity index (χ2n) is 17.1. The van der Waals surface area contributed by atoms with E-state index in [4.69, 9.17) is 16.7 Å². The largest absolute Gasteiger partial charge is 0.507 e. The first kappa shape index (κ1) is 40.9. The topological polar surface area (TPSA) is 202 Å². The Balaban J connectivity index is 1.16. The molecule has 5 aromatic rings. The molecule has 0 radical (unpaired) electrons. The van der Waals surface area contributed by atoms with E-state index in [9.17, 15) is 34.9 Å². The zero-order valence-corrected chi connectivity index (χ0v) is 36.2. The number of rotatable bonds is 7. The number of fused-ring (bicyclic) bond motifs is 5. The van der Waals surface area contributed by atoms with Crippen LogP contribution in [-0.2, 0) is 26.2 Å². The maximum absolute atomic E-state index is 15.3. The predicted molar refractivity (Wildman–Crippen MR) is 233 cm³/mol. The SMILES string of the molecule is Cc1cc(C2C3=CCC4C(=O)N(c5cc([N+](=O)[O-])c(N(C)C)c([N+](=O)[O-])c5)C(=O)C4C3CC3C(=O)N(c4cc(-c5sc6ccc(Cl)cc6c5C)nn4C)C(=O)C32C)cc(C)c1O. The summed E-state index contributed by atoms with van der Waals surface area (Å²) in [5.41, 5.74) is 0.634. The van der Waals surface area contributed by atoms with Crippen molar-refractivity contribution in [3.63, 3.8) is 0 Å². The molecule has 2 aromatic heterocycles. The number of nitro groups is 2. The van der Waals surface area contributed by atoms with Crippen molar-refractivity contribution < 1.29 is 34.1 Å². The lowest BCUT2D eigenvalue weighted by Crippen LogP contribution is -2.49. The van der Waals surface area contributed by atoms with Crippen LogP contribution in [0, 0.1) is 70.1 Å². The van der Waals surface area contributed by atoms with Crippen LogP contribution in [0.5, 0.6) is 5.75 Å². The van der Waals surface area contributed by atoms with Gasteiger partial charge in [0.25, 0.3) is 0 Å². The van der Waals surface area contributed by atoms with Crippen molar-refractivity contribution in [3.05, 3.63) is 108 Å². The van der Waals surface area contributed by atoms with Crippen LogP contribution in [0.25, 0.3) is 20.7 Å². The minimum atomic E-state index is -1.40. The fourth-order valence-corrected chi connectivity index (χ4v) is 12.0. The Morgan fingerprint density at radius 3 is 2.16 bits per heavy atom. The number of aromatic nitrogens is 2. The number of halogens is 1. The first-order valence-corrected chi connectivity index (χ1v) is 21.1. The van der Waals surface area contributed by atoms with E-state index in [1.165, 1.54) is 39.9 Å². The number of phenols is 1. The average molecular weight is 878 g/mol. The van der Waals surface area contributed by atoms with Gasteiger partial charge in [0, 0.05) is 55.0 Å². The van der Waals surface area contributed by atoms with E-state index >= 15 is 9.59 Å². The lowest BCUT2D eigenvalue weighted by Gasteiger charge is -2.49. The molecule has 1 saturated carbocycles. The number of amides is 4. The summed E-state index contributed by atoms with van der Waals surface area (Å²) in [6.45, 7) is 7.21. The number of benzene rings is 3. The van der Waals surface area contributed by atoms with Gasteiger partial charge < -0.3 is 10.0 Å². The van der Waals surface area contributed by atoms with E-state index in [2.05, 4.69) is 0 Å². The van der Waals surface area contributed by atoms with Crippen molar-refractivity contribution in [1.82, 2.24) is 9.78 Å². The van der Waals surface area contributed by atoms with Gasteiger partial charge in [-0.1, -0.05) is 35.4 Å². The highest BCUT2D eigenvalue weighted by Crippen LogP contribution is 2.64. The van der Waals surface area contributed by atoms with E-state index in [-0.39, 0.29) is 35.8 Å². The fourth-order valence-electron chi connectivity index (χ4n) is 10.7. The number of aryl methyl sites for hydroxylation is 4. The molecule has 2 aliphatic carbocycles. The standard InChI is InChI=1S/C44H40ClN7O9S/c1-19-12-22(13-20(2)38(19)53)36-25-9-10-26-35(42(56)49(40(26)54)24-15-31(51(58)59)37(47(5)6)32(16-24)52(60)61)28(25)17-29-41(55)50(43(57)44(29,36)4)34-18-30(46-48(34)7)39-21(3)27-14-23(45)8-11-33(27)62-39/h8-9,11-16,18,26,28-29,35-36,53H,10,17H2,1-7H3. The molecule has 3 fully saturated rings. The Bertz CT molecular complexity index is 2880. The van der Waals surface area contributed by atoms with Crippen LogP contribution in [0.4, 0.5) is 28.6 Å². The maximum Gasteiger partial charge on any atom is 0.301 e. The minimum absolute atomic E-state index is 0.0186. The zero-order valence-electron chi connectivity index (χ0n) is 34.6. The number of allylic oxidation sites excluding steroid dienone is 2. The van der Waals surface area contributed by atoms with Crippen LogP contribution in [0.15, 0.2) is 60.2 Å². The zero-order chi connectivity index (χ0) is 44.6. The normalized spacial score (nSPS) is 24.4. The molecule has 4 heterocycles. The van der Waals surface area contributed by atoms with Gasteiger partial charge in [-0.15, -0.1) is 11.3 Å². The van der Waals surface area contributed by atoms with Crippen LogP contribution in [0.2, 0.25) is 5.02 Å². The molecule has 3 aromatic carbocycles. The van der Waals surface area contributed by atoms with E-state index < -0.39 is 79.9 Å². The summed E-state index contributed by atoms with van der Waals surface area (Å²) < 4.78 is 2.50. The first-order valence-electron chi connectivity index (χ1n) is 19.9. The molecule has 2 saturated heterocycles. The molecular weight excluding hydrogens is 838 g/mol. The second-order valence-corrected chi connectivity index (χ2v) is 18.6. The minimum Gasteiger partial charge on any atom is -0.507 e. The van der Waals surface area contributed by atoms with Gasteiger partial charge in [0.1, 0.15) is 17.3 Å². The molecular formula is C44H40ClN7O9S. The van der Waals surface area contributed by atoms with Gasteiger partial charge in [-0.05, 0) is 92.3 Å². The molecule has 4 aliphatic rings. The third-order valence-corrected chi connectivity index (χ3v) is 15.0. The van der Waals surface area contributed by atoms with Crippen molar-refractivity contribution in [2.75, 3.05) is 28.8 Å². The Kier molecular flexibility index (Phi) is 9.26. The van der Waals surface area contributed by atoms with Crippen molar-refractivity contribution >= 4 is 85.2 Å². The number of hydrogen-bond donors (Lipinski definition) is 1. The van der Waals surface area contributed by atoms with Crippen LogP contribution in [0.3, 0.4) is 0 Å². The Labute approximate surface area is 363 Å². The van der Waals surface area contributed by atoms with Crippen molar-refractivity contribution in [1.29, 1.82) is 0 Å². The number of imide groups is 2. The number of nitrogens with zero attached hydrogens (tertiary/aromatic N) is 7. The van der Waals surface area contributed by atoms with E-state index in [0.29, 0.717) is 33.0 Å². The molecule has 16 nitrogen and oxygen atoms in total. The molecule has 4 amide bonds. The number of thiophene rings is 1. The molecule has 6 unspecified atom stereocenters. The number of phenolic OH excluding ortho intramolecular Hbond substituents is 1. The smallest absolute Gasteiger partial charge is 0.301 e. The van der Waals surface area contributed by atoms with Crippen molar-refractivity contribution in [3.8, 4) is 16.3 Å². The highest BCUT2D eigenvalue weighted by molar-refractivity contribution is 7.22. The summed E-state index contributed by atoms with van der Waals surface area (Å²) >= 11 is 7.84. The van der Waals surface area contributed by atoms with E-state index in [1.54, 1.807) is 46.0 Å². The Morgan fingerprint density at radius 2 is 1.55 bits per heavy atom. The fraction of sp³-hybridized carbons (Fsp3) is 0.341. The second kappa shape index (κ2) is 14.0. The Hall–Kier alpha value is -6.46. The van der Waals surface area contributed by atoms with Crippen LogP contribution >= 0.6 is 22.9 Å². The third kappa shape index (κ3) is 5.66. The summed E-state index contributed by atoms with van der Waals surface area (Å²) in [6, 6.07) is 12.9. The van der Waals surface area contributed by atoms with Gasteiger partial charge in [0.15, 0.2) is 5.69 Å². The maximum atomic E-state index is 15.3. The summed E-state index contributed by atoms with van der Waals surface area (Å²) in [6.07, 6.45) is 1.95. The number of aromatic hydroxyl groups is 1. The number of carbonyl (C=O) groups is 4. The van der Waals surface area contributed by atoms with Gasteiger partial charge in [-0.3, -0.25) is 44.1 Å². The van der Waals surface area contributed by atoms with Crippen LogP contribution in [0.1, 0.15) is 47.9 Å². The van der Waals surface area contributed by atoms with E-state index in [1.807, 2.05) is 31.2 Å². The predicted octanol–water partition coefficient (Wildman–Crippen LogP) is 7.90. The molecule has 1 N–H and O–H groups in total. The van der Waals surface area contributed by atoms with Gasteiger partial charge in [-0.2, -0.15) is 5.10 Å². The van der Waals surface area contributed by atoms with Crippen molar-refractivity contribution in [2.45, 2.75) is 46.5 Å². The molecule has 318 valence electrons. The van der Waals surface area contributed by atoms with Crippen LogP contribution < -0.4 is 14.7 Å². The molecule has 6 atom stereocenters. The third-order valence-electron chi connectivity index (χ3n) is 13.5. The summed E-state index contributed by atoms with van der Waals surface area (Å²) in [5.74, 6) is -6.52. The van der Waals surface area contributed by atoms with Gasteiger partial charge in [-0.25, -0.2) is 9.80 Å². The molecule has 18 heteroatoms. The average Bonchev–Trinajstić information content (AvgIpc) is 3.89. The number of nitro benzene ring substituents is 2. The van der Waals surface area contributed by atoms with E-state index in [0.717, 1.165) is 37.6 Å². The molecule has 0 spiro atoms. The number of anilines is 3.